The first kappa shape index (κ1) is 38.0. The van der Waals surface area contributed by atoms with Crippen LogP contribution in [0.15, 0.2) is 43.0 Å². The van der Waals surface area contributed by atoms with E-state index in [0.29, 0.717) is 25.7 Å². The average Bonchev–Trinajstić information content (AvgIpc) is 4.00. The van der Waals surface area contributed by atoms with Crippen LogP contribution in [0.4, 0.5) is 4.79 Å². The van der Waals surface area contributed by atoms with E-state index in [1.807, 2.05) is 24.3 Å². The van der Waals surface area contributed by atoms with E-state index in [0.717, 1.165) is 30.4 Å². The fourth-order valence-electron chi connectivity index (χ4n) is 6.81. The number of carbonyl (C=O) groups excluding carboxylic acids is 5. The van der Waals surface area contributed by atoms with Crippen molar-refractivity contribution >= 4 is 45.8 Å². The van der Waals surface area contributed by atoms with E-state index in [-0.39, 0.29) is 38.3 Å². The summed E-state index contributed by atoms with van der Waals surface area (Å²) in [5, 5.41) is 7.82. The van der Waals surface area contributed by atoms with Crippen molar-refractivity contribution in [2.75, 3.05) is 13.2 Å². The summed E-state index contributed by atoms with van der Waals surface area (Å²) in [4.78, 5) is 69.4. The quantitative estimate of drug-likeness (QED) is 0.323. The van der Waals surface area contributed by atoms with Gasteiger partial charge >= 0.3 is 6.09 Å². The molecule has 4 aliphatic rings. The second-order valence-electron chi connectivity index (χ2n) is 15.2. The summed E-state index contributed by atoms with van der Waals surface area (Å²) in [6, 6.07) is 5.05. The first-order valence-corrected chi connectivity index (χ1v) is 19.5. The Morgan fingerprint density at radius 3 is 2.49 bits per heavy atom. The molecule has 0 unspecified atom stereocenters. The second-order valence-corrected chi connectivity index (χ2v) is 17.2. The van der Waals surface area contributed by atoms with E-state index in [4.69, 9.17) is 4.74 Å². The van der Waals surface area contributed by atoms with Gasteiger partial charge in [0.1, 0.15) is 17.6 Å². The van der Waals surface area contributed by atoms with E-state index in [1.165, 1.54) is 11.0 Å². The lowest BCUT2D eigenvalue weighted by molar-refractivity contribution is -0.142. The summed E-state index contributed by atoms with van der Waals surface area (Å²) in [5.41, 5.74) is -0.294. The number of amides is 5. The molecule has 5 amide bonds. The summed E-state index contributed by atoms with van der Waals surface area (Å²) in [6.45, 7) is 9.26. The number of hydrogen-bond donors (Lipinski definition) is 4. The summed E-state index contributed by atoms with van der Waals surface area (Å²) < 4.78 is 32.8. The Balaban J connectivity index is 1.39. The van der Waals surface area contributed by atoms with Gasteiger partial charge in [-0.05, 0) is 74.3 Å². The molecule has 2 aliphatic carbocycles. The lowest BCUT2D eigenvalue weighted by Crippen LogP contribution is -2.60. The Labute approximate surface area is 300 Å². The number of allylic oxidation sites excluding steroid dienone is 1. The fourth-order valence-corrected chi connectivity index (χ4v) is 8.18. The highest BCUT2D eigenvalue weighted by atomic mass is 32.2. The molecule has 3 fully saturated rings. The molecule has 0 spiro atoms. The lowest BCUT2D eigenvalue weighted by Gasteiger charge is -2.35. The Kier molecular flexibility index (Phi) is 11.6. The third kappa shape index (κ3) is 9.38. The smallest absolute Gasteiger partial charge is 0.407 e. The molecule has 0 aromatic heterocycles. The number of nitrogens with zero attached hydrogens (tertiary/aromatic N) is 1. The lowest BCUT2D eigenvalue weighted by atomic mass is 9.85. The van der Waals surface area contributed by atoms with Crippen LogP contribution in [0.25, 0.3) is 6.08 Å². The first-order valence-electron chi connectivity index (χ1n) is 17.9. The van der Waals surface area contributed by atoms with Crippen molar-refractivity contribution in [2.24, 2.45) is 11.3 Å². The highest BCUT2D eigenvalue weighted by molar-refractivity contribution is 7.91. The zero-order valence-electron chi connectivity index (χ0n) is 29.7. The number of ether oxygens (including phenoxy) is 1. The molecule has 14 heteroatoms. The standard InChI is InChI=1S/C37H51N5O8S/c1-5-26-22-37(26,34(46)41-51(48,49)28-17-18-28)40-32(44)29-21-27-23-42(29)33(45)31(36(2,3)4)39-35(47)50-20-12-8-6-7-9-13-24-14-10-11-15-25(24)16-19-30(43)38-27/h5,9-11,13-15,26-29,31H,1,6-8,12,16-23H2,2-4H3,(H,38,43)(H,39,47)(H,40,44)(H,41,46)/b13-9-/t26-,27-,29+,31-,37-/m1/s1. The molecule has 2 heterocycles. The van der Waals surface area contributed by atoms with Crippen LogP contribution in [0.1, 0.15) is 89.7 Å². The van der Waals surface area contributed by atoms with Gasteiger partial charge < -0.3 is 25.6 Å². The van der Waals surface area contributed by atoms with E-state index in [9.17, 15) is 32.4 Å². The van der Waals surface area contributed by atoms with Crippen LogP contribution in [0, 0.1) is 11.3 Å². The van der Waals surface area contributed by atoms with Gasteiger partial charge in [-0.25, -0.2) is 13.2 Å². The highest BCUT2D eigenvalue weighted by Crippen LogP contribution is 2.45. The van der Waals surface area contributed by atoms with Crippen LogP contribution >= 0.6 is 0 Å². The van der Waals surface area contributed by atoms with E-state index >= 15 is 0 Å². The SMILES string of the molecule is C=C[C@@H]1C[C@]1(NC(=O)[C@@H]1C[C@@H]2CN1C(=O)[C@H](C(C)(C)C)NC(=O)OCCCCC/C=C\c1ccccc1CCC(=O)N2)C(=O)NS(=O)(=O)C1CC1. The molecule has 2 bridgehead atoms. The molecule has 2 saturated carbocycles. The Hall–Kier alpha value is -4.20. The maximum absolute atomic E-state index is 14.3. The van der Waals surface area contributed by atoms with Crippen molar-refractivity contribution in [2.45, 2.75) is 114 Å². The Morgan fingerprint density at radius 1 is 1.06 bits per heavy atom. The Morgan fingerprint density at radius 2 is 1.80 bits per heavy atom. The fraction of sp³-hybridized carbons (Fsp3) is 0.595. The van der Waals surface area contributed by atoms with Gasteiger partial charge in [0.05, 0.1) is 11.9 Å². The third-order valence-electron chi connectivity index (χ3n) is 10.1. The van der Waals surface area contributed by atoms with Gasteiger partial charge in [0.15, 0.2) is 0 Å². The normalized spacial score (nSPS) is 28.8. The van der Waals surface area contributed by atoms with Gasteiger partial charge in [-0.15, -0.1) is 6.58 Å². The number of sulfonamides is 1. The number of cyclic esters (lactones) is 1. The molecular weight excluding hydrogens is 675 g/mol. The predicted octanol–water partition coefficient (Wildman–Crippen LogP) is 3.10. The van der Waals surface area contributed by atoms with Crippen molar-refractivity contribution in [3.05, 3.63) is 54.1 Å². The van der Waals surface area contributed by atoms with Gasteiger partial charge in [-0.2, -0.15) is 0 Å². The highest BCUT2D eigenvalue weighted by Gasteiger charge is 2.62. The molecule has 1 saturated heterocycles. The molecule has 2 aliphatic heterocycles. The largest absolute Gasteiger partial charge is 0.450 e. The maximum Gasteiger partial charge on any atom is 0.407 e. The number of benzene rings is 1. The topological polar surface area (TPSA) is 180 Å². The molecule has 4 N–H and O–H groups in total. The van der Waals surface area contributed by atoms with E-state index < -0.39 is 74.1 Å². The number of aryl methyl sites for hydroxylation is 1. The van der Waals surface area contributed by atoms with Crippen molar-refractivity contribution in [1.29, 1.82) is 0 Å². The van der Waals surface area contributed by atoms with Crippen LogP contribution in [0.5, 0.6) is 0 Å². The molecule has 1 aromatic rings. The maximum atomic E-state index is 14.3. The number of alkyl carbamates (subject to hydrolysis) is 1. The van der Waals surface area contributed by atoms with Gasteiger partial charge in [0.25, 0.3) is 5.91 Å². The number of nitrogens with one attached hydrogen (secondary N) is 4. The molecule has 5 rings (SSSR count). The van der Waals surface area contributed by atoms with Crippen LogP contribution in [-0.4, -0.2) is 85.1 Å². The minimum absolute atomic E-state index is 0.0224. The monoisotopic (exact) mass is 725 g/mol. The van der Waals surface area contributed by atoms with Crippen molar-refractivity contribution in [1.82, 2.24) is 25.6 Å². The summed E-state index contributed by atoms with van der Waals surface area (Å²) in [5.74, 6) is -2.84. The minimum Gasteiger partial charge on any atom is -0.450 e. The van der Waals surface area contributed by atoms with Gasteiger partial charge in [0, 0.05) is 24.9 Å². The molecule has 5 atom stereocenters. The first-order chi connectivity index (χ1) is 24.1. The van der Waals surface area contributed by atoms with Crippen molar-refractivity contribution in [3.8, 4) is 0 Å². The molecule has 278 valence electrons. The third-order valence-corrected chi connectivity index (χ3v) is 11.9. The zero-order chi connectivity index (χ0) is 37.0. The summed E-state index contributed by atoms with van der Waals surface area (Å²) in [6.07, 6.45) is 9.92. The number of hydrogen-bond acceptors (Lipinski definition) is 8. The molecular formula is C37H51N5O8S. The summed E-state index contributed by atoms with van der Waals surface area (Å²) >= 11 is 0. The van der Waals surface area contributed by atoms with Crippen LogP contribution < -0.4 is 20.7 Å². The molecule has 0 radical (unpaired) electrons. The average molecular weight is 726 g/mol. The summed E-state index contributed by atoms with van der Waals surface area (Å²) in [7, 11) is -3.89. The minimum atomic E-state index is -3.89. The van der Waals surface area contributed by atoms with Crippen LogP contribution in [0.3, 0.4) is 0 Å². The Bertz CT molecular complexity index is 1670. The van der Waals surface area contributed by atoms with E-state index in [2.05, 4.69) is 39.4 Å². The van der Waals surface area contributed by atoms with Crippen LogP contribution in [-0.2, 0) is 40.4 Å². The number of carbonyl (C=O) groups is 5. The number of fused-ring (bicyclic) bond motifs is 3. The van der Waals surface area contributed by atoms with E-state index in [1.54, 1.807) is 20.8 Å². The van der Waals surface area contributed by atoms with Crippen molar-refractivity contribution < 1.29 is 37.1 Å². The molecule has 1 aromatic carbocycles. The zero-order valence-corrected chi connectivity index (χ0v) is 30.6. The van der Waals surface area contributed by atoms with Gasteiger partial charge in [-0.1, -0.05) is 63.3 Å². The van der Waals surface area contributed by atoms with Crippen molar-refractivity contribution in [3.63, 3.8) is 0 Å². The van der Waals surface area contributed by atoms with Crippen LogP contribution in [0.2, 0.25) is 0 Å². The van der Waals surface area contributed by atoms with Gasteiger partial charge in [0.2, 0.25) is 27.7 Å². The van der Waals surface area contributed by atoms with Gasteiger partial charge in [-0.3, -0.25) is 23.9 Å². The second kappa shape index (κ2) is 15.6. The molecule has 13 nitrogen and oxygen atoms in total. The number of rotatable bonds is 6. The predicted molar refractivity (Wildman–Crippen MR) is 191 cm³/mol. The molecule has 51 heavy (non-hydrogen) atoms.